The predicted octanol–water partition coefficient (Wildman–Crippen LogP) is 7.63. The highest BCUT2D eigenvalue weighted by molar-refractivity contribution is 6.45. The van der Waals surface area contributed by atoms with Crippen LogP contribution >= 0.6 is 0 Å². The summed E-state index contributed by atoms with van der Waals surface area (Å²) in [5.74, 6) is -8.03. The van der Waals surface area contributed by atoms with Gasteiger partial charge in [-0.15, -0.1) is 0 Å². The Morgan fingerprint density at radius 3 is 1.16 bits per heavy atom. The van der Waals surface area contributed by atoms with E-state index in [0.717, 1.165) is 89.9 Å². The molecule has 0 aliphatic carbocycles. The second kappa shape index (κ2) is 38.1. The Morgan fingerprint density at radius 1 is 0.471 bits per heavy atom. The predicted molar refractivity (Wildman–Crippen MR) is 253 cm³/mol. The van der Waals surface area contributed by atoms with E-state index in [-0.39, 0.29) is 19.3 Å². The Bertz CT molecular complexity index is 1550. The highest BCUT2D eigenvalue weighted by Crippen LogP contribution is 2.17. The SMILES string of the molecule is CCCCCCCCCCCC(=O)N[C@@H](CC(=O)[O][Al]1[O]C(=O)C[C@@H](NC(=O)CCCCCCCCCCC)C(=O)[O]1)C(=O)[O][Al]1[O]C(=O)C[C@@H](NC(=O)CCCCCCCCCCC)C(=O)[O]1. The molecule has 0 radical (unpaired) electrons. The van der Waals surface area contributed by atoms with Crippen LogP contribution in [-0.2, 0) is 65.9 Å². The number of carbonyl (C=O) groups is 9. The maximum Gasteiger partial charge on any atom is 1.20 e. The van der Waals surface area contributed by atoms with Crippen LogP contribution in [0.5, 0.6) is 0 Å². The van der Waals surface area contributed by atoms with Gasteiger partial charge in [-0.2, -0.15) is 0 Å². The summed E-state index contributed by atoms with van der Waals surface area (Å²) in [5, 5.41) is 7.43. The Labute approximate surface area is 414 Å². The molecule has 20 heteroatoms. The molecule has 0 spiro atoms. The molecule has 0 bridgehead atoms. The van der Waals surface area contributed by atoms with Gasteiger partial charge in [0.2, 0.25) is 17.7 Å². The summed E-state index contributed by atoms with van der Waals surface area (Å²) in [4.78, 5) is 117. The molecular weight excluding hydrogens is 912 g/mol. The minimum absolute atomic E-state index is 0.00124. The average molecular weight is 994 g/mol. The number of unbranched alkanes of at least 4 members (excludes halogenated alkanes) is 24. The van der Waals surface area contributed by atoms with E-state index in [1.54, 1.807) is 0 Å². The van der Waals surface area contributed by atoms with Gasteiger partial charge in [-0.25, -0.2) is 0 Å². The van der Waals surface area contributed by atoms with Crippen molar-refractivity contribution in [1.29, 1.82) is 0 Å². The fourth-order valence-corrected chi connectivity index (χ4v) is 10.1. The molecule has 2 rings (SSSR count). The first kappa shape index (κ1) is 60.4. The standard InChI is InChI=1S/3C16H29NO5.2Al/c3*1-2-3-4-5-6-7-8-9-10-11-14(18)17-13(16(21)22)12-15(19)20;;/h3*13H,2-12H2,1H3,(H,17,18)(H,19,20)(H,21,22);;/q;;;2*+3/p-6/t3*13-;;/m110../s1. The molecule has 3 atom stereocenters. The van der Waals surface area contributed by atoms with Crippen molar-refractivity contribution in [2.24, 2.45) is 0 Å². The lowest BCUT2D eigenvalue weighted by Gasteiger charge is -2.20. The van der Waals surface area contributed by atoms with E-state index in [4.69, 9.17) is 22.7 Å². The zero-order chi connectivity index (χ0) is 49.8. The van der Waals surface area contributed by atoms with E-state index in [1.807, 2.05) is 0 Å². The molecule has 0 aromatic heterocycles. The third-order valence-corrected chi connectivity index (χ3v) is 14.5. The molecule has 0 saturated carbocycles. The molecule has 384 valence electrons. The molecule has 3 amide bonds. The second-order valence-corrected chi connectivity index (χ2v) is 20.6. The van der Waals surface area contributed by atoms with Crippen LogP contribution in [0, 0.1) is 0 Å². The number of carbonyl (C=O) groups excluding carboxylic acids is 9. The number of hydrogen-bond donors (Lipinski definition) is 3. The zero-order valence-electron chi connectivity index (χ0n) is 41.3. The molecule has 3 N–H and O–H groups in total. The van der Waals surface area contributed by atoms with Crippen molar-refractivity contribution in [2.45, 2.75) is 251 Å². The number of rotatable bonds is 38. The third-order valence-electron chi connectivity index (χ3n) is 11.8. The molecule has 0 unspecified atom stereocenters. The summed E-state index contributed by atoms with van der Waals surface area (Å²) in [5.41, 5.74) is 0. The van der Waals surface area contributed by atoms with Gasteiger partial charge in [0.05, 0.1) is 19.3 Å². The van der Waals surface area contributed by atoms with Crippen molar-refractivity contribution in [2.75, 3.05) is 0 Å². The van der Waals surface area contributed by atoms with Gasteiger partial charge in [0, 0.05) is 19.3 Å². The molecule has 0 aromatic rings. The van der Waals surface area contributed by atoms with Gasteiger partial charge in [-0.3, -0.25) is 43.2 Å². The molecule has 2 heterocycles. The molecule has 2 aliphatic rings. The van der Waals surface area contributed by atoms with E-state index < -0.39 is 121 Å². The maximum absolute atomic E-state index is 13.6. The largest absolute Gasteiger partial charge is 1.20 e. The molecule has 68 heavy (non-hydrogen) atoms. The van der Waals surface area contributed by atoms with Crippen LogP contribution in [-0.4, -0.2) is 102 Å². The average Bonchev–Trinajstić information content (AvgIpc) is 3.50. The lowest BCUT2D eigenvalue weighted by molar-refractivity contribution is -0.152. The Balaban J connectivity index is 1.97. The normalized spacial score (nSPS) is 16.6. The summed E-state index contributed by atoms with van der Waals surface area (Å²) >= 11 is -7.80. The van der Waals surface area contributed by atoms with Crippen LogP contribution in [0.4, 0.5) is 0 Å². The van der Waals surface area contributed by atoms with Gasteiger partial charge in [0.15, 0.2) is 0 Å². The minimum Gasteiger partial charge on any atom is -0.551 e. The van der Waals surface area contributed by atoms with E-state index >= 15 is 0 Å². The first-order valence-electron chi connectivity index (χ1n) is 25.9. The molecule has 2 fully saturated rings. The van der Waals surface area contributed by atoms with Crippen molar-refractivity contribution in [3.05, 3.63) is 0 Å². The van der Waals surface area contributed by atoms with Gasteiger partial charge < -0.3 is 38.7 Å². The van der Waals surface area contributed by atoms with Gasteiger partial charge in [0.25, 0.3) is 35.8 Å². The van der Waals surface area contributed by atoms with Gasteiger partial charge in [0.1, 0.15) is 18.1 Å². The first-order valence-corrected chi connectivity index (χ1v) is 28.8. The zero-order valence-corrected chi connectivity index (χ0v) is 43.7. The lowest BCUT2D eigenvalue weighted by Crippen LogP contribution is -2.47. The van der Waals surface area contributed by atoms with E-state index in [1.165, 1.54) is 64.2 Å². The van der Waals surface area contributed by atoms with Crippen molar-refractivity contribution in [3.8, 4) is 0 Å². The fraction of sp³-hybridized carbons (Fsp3) is 0.812. The Morgan fingerprint density at radius 2 is 0.794 bits per heavy atom. The molecule has 0 aromatic carbocycles. The van der Waals surface area contributed by atoms with E-state index in [0.29, 0.717) is 19.3 Å². The summed E-state index contributed by atoms with van der Waals surface area (Å²) in [6.07, 6.45) is 26.2. The summed E-state index contributed by atoms with van der Waals surface area (Å²) in [6, 6.07) is -4.50. The van der Waals surface area contributed by atoms with Crippen molar-refractivity contribution in [3.63, 3.8) is 0 Å². The van der Waals surface area contributed by atoms with Gasteiger partial charge in [-0.1, -0.05) is 175 Å². The number of amides is 3. The Kier molecular flexibility index (Phi) is 33.8. The quantitative estimate of drug-likeness (QED) is 0.0398. The van der Waals surface area contributed by atoms with E-state index in [2.05, 4.69) is 36.7 Å². The lowest BCUT2D eigenvalue weighted by atomic mass is 10.1. The van der Waals surface area contributed by atoms with Crippen molar-refractivity contribution >= 4 is 83.8 Å². The molecule has 18 nitrogen and oxygen atoms in total. The maximum atomic E-state index is 13.6. The van der Waals surface area contributed by atoms with Crippen LogP contribution in [0.15, 0.2) is 0 Å². The Hall–Kier alpha value is -3.71. The van der Waals surface area contributed by atoms with Gasteiger partial charge in [-0.05, 0) is 19.3 Å². The third kappa shape index (κ3) is 29.4. The fourth-order valence-electron chi connectivity index (χ4n) is 7.81. The smallest absolute Gasteiger partial charge is 0.551 e. The van der Waals surface area contributed by atoms with Crippen LogP contribution in [0.25, 0.3) is 0 Å². The summed E-state index contributed by atoms with van der Waals surface area (Å²) < 4.78 is 31.3. The summed E-state index contributed by atoms with van der Waals surface area (Å²) in [7, 11) is 0. The highest BCUT2D eigenvalue weighted by Gasteiger charge is 2.55. The molecule has 2 aliphatic heterocycles. The van der Waals surface area contributed by atoms with Crippen LogP contribution in [0.2, 0.25) is 0 Å². The van der Waals surface area contributed by atoms with Crippen molar-refractivity contribution in [1.82, 2.24) is 16.0 Å². The highest BCUT2D eigenvalue weighted by atomic mass is 27.3. The molecular formula is C48H81Al2N3O15. The number of hydrogen-bond acceptors (Lipinski definition) is 15. The second-order valence-electron chi connectivity index (χ2n) is 18.1. The topological polar surface area (TPSA) is 245 Å². The first-order chi connectivity index (χ1) is 32.8. The molecule has 2 saturated heterocycles. The monoisotopic (exact) mass is 994 g/mol. The van der Waals surface area contributed by atoms with Crippen LogP contribution in [0.1, 0.15) is 233 Å². The van der Waals surface area contributed by atoms with Gasteiger partial charge >= 0.3 is 30.3 Å². The number of nitrogens with one attached hydrogen (secondary N) is 3. The summed E-state index contributed by atoms with van der Waals surface area (Å²) in [6.45, 7) is 6.50. The van der Waals surface area contributed by atoms with Crippen LogP contribution < -0.4 is 16.0 Å². The van der Waals surface area contributed by atoms with E-state index in [9.17, 15) is 43.2 Å². The minimum atomic E-state index is -3.93. The van der Waals surface area contributed by atoms with Crippen molar-refractivity contribution < 1.29 is 65.9 Å². The van der Waals surface area contributed by atoms with Crippen LogP contribution in [0.3, 0.4) is 0 Å².